The van der Waals surface area contributed by atoms with Crippen LogP contribution in [0, 0.1) is 0 Å². The topological polar surface area (TPSA) is 62.1 Å². The first kappa shape index (κ1) is 23.6. The molecule has 5 nitrogen and oxygen atoms in total. The van der Waals surface area contributed by atoms with Gasteiger partial charge in [-0.3, -0.25) is 0 Å². The standard InChI is InChI=1S/C22H26N2O.C2HF3O2/c1-24-21(18-13-7-3-8-14-18)20(17-11-5-2-6-12-17)23-22(24)25-19-15-9-4-10-16-19;3-2(4,5)1(6)7/h2-3,5-8,11-14,19-21H,4,9-10,15-16H2,1H3;(H,6,7)/t20-,21+;/m0./s1. The zero-order valence-electron chi connectivity index (χ0n) is 17.8. The van der Waals surface area contributed by atoms with E-state index in [1.54, 1.807) is 0 Å². The fourth-order valence-electron chi connectivity index (χ4n) is 4.02. The van der Waals surface area contributed by atoms with Crippen molar-refractivity contribution in [3.63, 3.8) is 0 Å². The van der Waals surface area contributed by atoms with Crippen LogP contribution < -0.4 is 0 Å². The highest BCUT2D eigenvalue weighted by Crippen LogP contribution is 2.41. The van der Waals surface area contributed by atoms with E-state index in [9.17, 15) is 13.2 Å². The van der Waals surface area contributed by atoms with Gasteiger partial charge >= 0.3 is 12.1 Å². The molecule has 2 aliphatic rings. The lowest BCUT2D eigenvalue weighted by atomic mass is 9.94. The molecule has 1 saturated carbocycles. The van der Waals surface area contributed by atoms with Crippen LogP contribution in [-0.2, 0) is 9.53 Å². The van der Waals surface area contributed by atoms with E-state index in [4.69, 9.17) is 19.6 Å². The lowest BCUT2D eigenvalue weighted by Crippen LogP contribution is -2.32. The molecule has 1 fully saturated rings. The van der Waals surface area contributed by atoms with Crippen molar-refractivity contribution < 1.29 is 27.8 Å². The third-order valence-corrected chi connectivity index (χ3v) is 5.62. The van der Waals surface area contributed by atoms with Crippen molar-refractivity contribution in [3.8, 4) is 0 Å². The first-order valence-electron chi connectivity index (χ1n) is 10.6. The van der Waals surface area contributed by atoms with Crippen molar-refractivity contribution in [2.24, 2.45) is 4.99 Å². The van der Waals surface area contributed by atoms with Crippen LogP contribution in [-0.4, -0.2) is 41.3 Å². The highest BCUT2D eigenvalue weighted by Gasteiger charge is 2.39. The molecule has 0 spiro atoms. The number of benzene rings is 2. The van der Waals surface area contributed by atoms with Crippen LogP contribution in [0.3, 0.4) is 0 Å². The van der Waals surface area contributed by atoms with Gasteiger partial charge in [0.1, 0.15) is 12.1 Å². The summed E-state index contributed by atoms with van der Waals surface area (Å²) in [5.41, 5.74) is 2.52. The summed E-state index contributed by atoms with van der Waals surface area (Å²) in [6.07, 6.45) is 1.41. The van der Waals surface area contributed by atoms with Gasteiger partial charge in [-0.1, -0.05) is 67.1 Å². The summed E-state index contributed by atoms with van der Waals surface area (Å²) in [7, 11) is 2.11. The quantitative estimate of drug-likeness (QED) is 0.649. The fourth-order valence-corrected chi connectivity index (χ4v) is 4.02. The Kier molecular flexibility index (Phi) is 7.77. The van der Waals surface area contributed by atoms with Gasteiger partial charge in [0.25, 0.3) is 6.02 Å². The molecule has 1 N–H and O–H groups in total. The lowest BCUT2D eigenvalue weighted by molar-refractivity contribution is -0.192. The van der Waals surface area contributed by atoms with Gasteiger partial charge in [0.2, 0.25) is 0 Å². The van der Waals surface area contributed by atoms with Crippen molar-refractivity contribution in [3.05, 3.63) is 71.8 Å². The zero-order chi connectivity index (χ0) is 23.1. The van der Waals surface area contributed by atoms with E-state index < -0.39 is 12.1 Å². The second-order valence-electron chi connectivity index (χ2n) is 7.91. The monoisotopic (exact) mass is 448 g/mol. The summed E-state index contributed by atoms with van der Waals surface area (Å²) in [5, 5.41) is 7.12. The predicted molar refractivity (Wildman–Crippen MR) is 115 cm³/mol. The van der Waals surface area contributed by atoms with E-state index in [2.05, 4.69) is 72.6 Å². The molecule has 1 aliphatic heterocycles. The number of likely N-dealkylation sites (N-methyl/N-ethyl adjacent to an activating group) is 1. The summed E-state index contributed by atoms with van der Waals surface area (Å²) in [4.78, 5) is 16.1. The van der Waals surface area contributed by atoms with E-state index in [-0.39, 0.29) is 12.1 Å². The molecule has 0 aromatic heterocycles. The summed E-state index contributed by atoms with van der Waals surface area (Å²) in [6, 6.07) is 22.3. The number of rotatable bonds is 3. The molecular formula is C24H27F3N2O3. The number of hydrogen-bond donors (Lipinski definition) is 1. The molecule has 4 rings (SSSR count). The third kappa shape index (κ3) is 6.02. The van der Waals surface area contributed by atoms with E-state index in [1.165, 1.54) is 30.4 Å². The van der Waals surface area contributed by atoms with Gasteiger partial charge in [0, 0.05) is 7.05 Å². The molecule has 1 heterocycles. The van der Waals surface area contributed by atoms with E-state index in [1.807, 2.05) is 0 Å². The minimum atomic E-state index is -5.08. The Hall–Kier alpha value is -3.03. The van der Waals surface area contributed by atoms with Crippen LogP contribution in [0.2, 0.25) is 0 Å². The Labute approximate surface area is 185 Å². The maximum absolute atomic E-state index is 10.6. The highest BCUT2D eigenvalue weighted by molar-refractivity contribution is 5.77. The summed E-state index contributed by atoms with van der Waals surface area (Å²) >= 11 is 0. The summed E-state index contributed by atoms with van der Waals surface area (Å²) in [6.45, 7) is 0. The molecule has 0 amide bonds. The SMILES string of the molecule is CN1C(OC2CCCCC2)=N[C@@H](c2ccccc2)[C@H]1c1ccccc1.O=C(O)C(F)(F)F. The van der Waals surface area contributed by atoms with Crippen LogP contribution in [0.1, 0.15) is 55.3 Å². The lowest BCUT2D eigenvalue weighted by Gasteiger charge is -2.29. The van der Waals surface area contributed by atoms with Crippen molar-refractivity contribution in [2.45, 2.75) is 56.5 Å². The van der Waals surface area contributed by atoms with Crippen molar-refractivity contribution in [2.75, 3.05) is 7.05 Å². The molecule has 2 aromatic carbocycles. The number of nitrogens with zero attached hydrogens (tertiary/aromatic N) is 2. The number of amidine groups is 1. The Bertz CT molecular complexity index is 898. The van der Waals surface area contributed by atoms with Crippen LogP contribution >= 0.6 is 0 Å². The van der Waals surface area contributed by atoms with Crippen molar-refractivity contribution >= 4 is 12.0 Å². The molecule has 32 heavy (non-hydrogen) atoms. The second-order valence-corrected chi connectivity index (χ2v) is 7.91. The zero-order valence-corrected chi connectivity index (χ0v) is 17.8. The normalized spacial score (nSPS) is 21.4. The first-order valence-corrected chi connectivity index (χ1v) is 10.6. The minimum absolute atomic E-state index is 0.0761. The van der Waals surface area contributed by atoms with E-state index >= 15 is 0 Å². The molecule has 0 unspecified atom stereocenters. The van der Waals surface area contributed by atoms with Gasteiger partial charge in [-0.25, -0.2) is 9.79 Å². The highest BCUT2D eigenvalue weighted by atomic mass is 19.4. The maximum Gasteiger partial charge on any atom is 0.490 e. The molecule has 1 aliphatic carbocycles. The maximum atomic E-state index is 10.6. The Morgan fingerprint density at radius 3 is 1.97 bits per heavy atom. The molecule has 172 valence electrons. The van der Waals surface area contributed by atoms with Gasteiger partial charge in [0.05, 0.1) is 6.04 Å². The van der Waals surface area contributed by atoms with Gasteiger partial charge in [-0.15, -0.1) is 0 Å². The number of carboxylic acid groups (broad SMARTS) is 1. The van der Waals surface area contributed by atoms with Crippen molar-refractivity contribution in [1.82, 2.24) is 4.90 Å². The Morgan fingerprint density at radius 2 is 1.47 bits per heavy atom. The number of aliphatic imine (C=N–C) groups is 1. The molecule has 2 aromatic rings. The van der Waals surface area contributed by atoms with Crippen LogP contribution in [0.25, 0.3) is 0 Å². The number of alkyl halides is 3. The number of carbonyl (C=O) groups is 1. The van der Waals surface area contributed by atoms with Gasteiger partial charge in [0.15, 0.2) is 0 Å². The number of halogens is 3. The average Bonchev–Trinajstić information content (AvgIpc) is 3.11. The van der Waals surface area contributed by atoms with E-state index in [0.717, 1.165) is 18.9 Å². The van der Waals surface area contributed by atoms with Gasteiger partial charge in [-0.2, -0.15) is 13.2 Å². The minimum Gasteiger partial charge on any atom is -0.475 e. The number of hydrogen-bond acceptors (Lipinski definition) is 4. The smallest absolute Gasteiger partial charge is 0.475 e. The molecular weight excluding hydrogens is 421 g/mol. The molecule has 8 heteroatoms. The molecule has 0 bridgehead atoms. The molecule has 0 saturated heterocycles. The predicted octanol–water partition coefficient (Wildman–Crippen LogP) is 5.75. The average molecular weight is 448 g/mol. The molecule has 2 atom stereocenters. The first-order chi connectivity index (χ1) is 15.3. The van der Waals surface area contributed by atoms with E-state index in [0.29, 0.717) is 6.10 Å². The summed E-state index contributed by atoms with van der Waals surface area (Å²) in [5.74, 6) is -2.76. The Morgan fingerprint density at radius 1 is 0.969 bits per heavy atom. The Balaban J connectivity index is 0.000000360. The second kappa shape index (κ2) is 10.5. The van der Waals surface area contributed by atoms with Crippen LogP contribution in [0.4, 0.5) is 13.2 Å². The van der Waals surface area contributed by atoms with Gasteiger partial charge < -0.3 is 14.7 Å². The number of aliphatic carboxylic acids is 1. The van der Waals surface area contributed by atoms with Crippen LogP contribution in [0.5, 0.6) is 0 Å². The molecule has 0 radical (unpaired) electrons. The van der Waals surface area contributed by atoms with Crippen molar-refractivity contribution in [1.29, 1.82) is 0 Å². The number of ether oxygens (including phenoxy) is 1. The third-order valence-electron chi connectivity index (χ3n) is 5.62. The summed E-state index contributed by atoms with van der Waals surface area (Å²) < 4.78 is 38.1. The fraction of sp³-hybridized carbons (Fsp3) is 0.417. The van der Waals surface area contributed by atoms with Gasteiger partial charge in [-0.05, 0) is 36.8 Å². The van der Waals surface area contributed by atoms with Crippen LogP contribution in [0.15, 0.2) is 65.7 Å². The number of carboxylic acids is 1. The largest absolute Gasteiger partial charge is 0.490 e.